The van der Waals surface area contributed by atoms with Crippen LogP contribution in [0.25, 0.3) is 0 Å². The summed E-state index contributed by atoms with van der Waals surface area (Å²) in [6.07, 6.45) is 0. The lowest BCUT2D eigenvalue weighted by molar-refractivity contribution is 0.306. The van der Waals surface area contributed by atoms with E-state index in [1.54, 1.807) is 6.07 Å². The molecule has 0 atom stereocenters. The molecule has 2 aromatic carbocycles. The van der Waals surface area contributed by atoms with E-state index in [4.69, 9.17) is 27.9 Å². The number of rotatable bonds is 6. The summed E-state index contributed by atoms with van der Waals surface area (Å²) >= 11 is 12.0. The third kappa shape index (κ3) is 6.05. The van der Waals surface area contributed by atoms with E-state index in [1.165, 1.54) is 5.56 Å². The highest BCUT2D eigenvalue weighted by atomic mass is 35.5. The van der Waals surface area contributed by atoms with E-state index in [0.29, 0.717) is 22.7 Å². The van der Waals surface area contributed by atoms with Gasteiger partial charge in [0.15, 0.2) is 0 Å². The van der Waals surface area contributed by atoms with Gasteiger partial charge in [0.25, 0.3) is 0 Å². The van der Waals surface area contributed by atoms with Crippen LogP contribution in [0.15, 0.2) is 42.5 Å². The van der Waals surface area contributed by atoms with Gasteiger partial charge in [-0.15, -0.1) is 12.4 Å². The van der Waals surface area contributed by atoms with Crippen molar-refractivity contribution < 1.29 is 4.74 Å². The molecular weight excluding hydrogens is 341 g/mol. The minimum Gasteiger partial charge on any atom is -0.489 e. The molecule has 22 heavy (non-hydrogen) atoms. The summed E-state index contributed by atoms with van der Waals surface area (Å²) in [5.74, 6) is 0.837. The smallest absolute Gasteiger partial charge is 0.120 e. The summed E-state index contributed by atoms with van der Waals surface area (Å²) in [5.41, 5.74) is 2.12. The SMILES string of the molecule is CC(C)NCc1cccc(OCc2ccc(Cl)cc2Cl)c1.Cl. The molecule has 0 aromatic heterocycles. The zero-order valence-corrected chi connectivity index (χ0v) is 14.9. The Labute approximate surface area is 148 Å². The third-order valence-electron chi connectivity index (χ3n) is 3.02. The summed E-state index contributed by atoms with van der Waals surface area (Å²) < 4.78 is 5.80. The van der Waals surface area contributed by atoms with Crippen LogP contribution in [0.2, 0.25) is 10.0 Å². The molecule has 0 radical (unpaired) electrons. The second kappa shape index (κ2) is 9.26. The summed E-state index contributed by atoms with van der Waals surface area (Å²) in [6, 6.07) is 14.0. The van der Waals surface area contributed by atoms with E-state index in [9.17, 15) is 0 Å². The summed E-state index contributed by atoms with van der Waals surface area (Å²) in [5, 5.41) is 4.64. The van der Waals surface area contributed by atoms with E-state index in [0.717, 1.165) is 17.9 Å². The molecule has 0 heterocycles. The van der Waals surface area contributed by atoms with Crippen molar-refractivity contribution in [2.45, 2.75) is 33.0 Å². The number of benzene rings is 2. The van der Waals surface area contributed by atoms with Gasteiger partial charge in [-0.2, -0.15) is 0 Å². The fourth-order valence-electron chi connectivity index (χ4n) is 1.87. The molecule has 0 aliphatic carbocycles. The number of hydrogen-bond acceptors (Lipinski definition) is 2. The maximum absolute atomic E-state index is 6.14. The molecule has 5 heteroatoms. The van der Waals surface area contributed by atoms with E-state index < -0.39 is 0 Å². The summed E-state index contributed by atoms with van der Waals surface area (Å²) in [6.45, 7) is 5.51. The van der Waals surface area contributed by atoms with E-state index in [-0.39, 0.29) is 12.4 Å². The number of ether oxygens (including phenoxy) is 1. The molecule has 0 saturated heterocycles. The zero-order chi connectivity index (χ0) is 15.2. The standard InChI is InChI=1S/C17H19Cl2NO.ClH/c1-12(2)20-10-13-4-3-5-16(8-13)21-11-14-6-7-15(18)9-17(14)19;/h3-9,12,20H,10-11H2,1-2H3;1H. The third-order valence-corrected chi connectivity index (χ3v) is 3.61. The Bertz CT molecular complexity index is 602. The van der Waals surface area contributed by atoms with Gasteiger partial charge in [0.1, 0.15) is 12.4 Å². The Balaban J connectivity index is 0.00000242. The molecule has 0 aliphatic heterocycles. The van der Waals surface area contributed by atoms with Crippen LogP contribution < -0.4 is 10.1 Å². The van der Waals surface area contributed by atoms with Crippen LogP contribution >= 0.6 is 35.6 Å². The normalized spacial score (nSPS) is 10.4. The molecular formula is C17H20Cl3NO. The molecule has 0 unspecified atom stereocenters. The summed E-state index contributed by atoms with van der Waals surface area (Å²) in [7, 11) is 0. The molecule has 2 rings (SSSR count). The van der Waals surface area contributed by atoms with Crippen LogP contribution in [0.1, 0.15) is 25.0 Å². The first-order chi connectivity index (χ1) is 10.0. The number of halogens is 3. The maximum atomic E-state index is 6.14. The minimum atomic E-state index is 0. The fourth-order valence-corrected chi connectivity index (χ4v) is 2.33. The fraction of sp³-hybridized carbons (Fsp3) is 0.294. The molecule has 0 fully saturated rings. The monoisotopic (exact) mass is 359 g/mol. The molecule has 2 nitrogen and oxygen atoms in total. The van der Waals surface area contributed by atoms with Crippen molar-refractivity contribution in [3.05, 3.63) is 63.6 Å². The minimum absolute atomic E-state index is 0. The highest BCUT2D eigenvalue weighted by molar-refractivity contribution is 6.35. The second-order valence-electron chi connectivity index (χ2n) is 5.21. The maximum Gasteiger partial charge on any atom is 0.120 e. The molecule has 0 bridgehead atoms. The Morgan fingerprint density at radius 2 is 1.86 bits per heavy atom. The van der Waals surface area contributed by atoms with Crippen molar-refractivity contribution in [3.63, 3.8) is 0 Å². The van der Waals surface area contributed by atoms with Crippen LogP contribution in [-0.4, -0.2) is 6.04 Å². The van der Waals surface area contributed by atoms with E-state index in [2.05, 4.69) is 25.2 Å². The first kappa shape index (κ1) is 19.1. The van der Waals surface area contributed by atoms with Crippen LogP contribution in [0.5, 0.6) is 5.75 Å². The Hall–Kier alpha value is -0.930. The van der Waals surface area contributed by atoms with Gasteiger partial charge in [0.2, 0.25) is 0 Å². The van der Waals surface area contributed by atoms with Crippen molar-refractivity contribution in [1.82, 2.24) is 5.32 Å². The van der Waals surface area contributed by atoms with Gasteiger partial charge >= 0.3 is 0 Å². The van der Waals surface area contributed by atoms with Crippen LogP contribution in [0.3, 0.4) is 0 Å². The average Bonchev–Trinajstić information content (AvgIpc) is 2.45. The first-order valence-corrected chi connectivity index (χ1v) is 7.69. The van der Waals surface area contributed by atoms with E-state index in [1.807, 2.05) is 30.3 Å². The largest absolute Gasteiger partial charge is 0.489 e. The van der Waals surface area contributed by atoms with Gasteiger partial charge in [-0.25, -0.2) is 0 Å². The van der Waals surface area contributed by atoms with E-state index >= 15 is 0 Å². The highest BCUT2D eigenvalue weighted by Crippen LogP contribution is 2.23. The lowest BCUT2D eigenvalue weighted by Gasteiger charge is -2.11. The number of hydrogen-bond donors (Lipinski definition) is 1. The Morgan fingerprint density at radius 3 is 2.55 bits per heavy atom. The van der Waals surface area contributed by atoms with Crippen molar-refractivity contribution >= 4 is 35.6 Å². The topological polar surface area (TPSA) is 21.3 Å². The number of nitrogens with one attached hydrogen (secondary N) is 1. The highest BCUT2D eigenvalue weighted by Gasteiger charge is 2.03. The predicted octanol–water partition coefficient (Wildman–Crippen LogP) is 5.49. The van der Waals surface area contributed by atoms with Gasteiger partial charge in [0.05, 0.1) is 0 Å². The van der Waals surface area contributed by atoms with Crippen molar-refractivity contribution in [2.24, 2.45) is 0 Å². The van der Waals surface area contributed by atoms with Gasteiger partial charge in [-0.1, -0.05) is 55.2 Å². The van der Waals surface area contributed by atoms with Crippen molar-refractivity contribution in [3.8, 4) is 5.75 Å². The average molecular weight is 361 g/mol. The summed E-state index contributed by atoms with van der Waals surface area (Å²) in [4.78, 5) is 0. The van der Waals surface area contributed by atoms with Gasteiger partial charge < -0.3 is 10.1 Å². The van der Waals surface area contributed by atoms with Crippen molar-refractivity contribution in [1.29, 1.82) is 0 Å². The second-order valence-corrected chi connectivity index (χ2v) is 6.05. The van der Waals surface area contributed by atoms with Gasteiger partial charge in [-0.3, -0.25) is 0 Å². The molecule has 0 aliphatic rings. The van der Waals surface area contributed by atoms with Gasteiger partial charge in [0, 0.05) is 28.2 Å². The molecule has 120 valence electrons. The quantitative estimate of drug-likeness (QED) is 0.735. The molecule has 0 amide bonds. The van der Waals surface area contributed by atoms with Gasteiger partial charge in [-0.05, 0) is 29.8 Å². The first-order valence-electron chi connectivity index (χ1n) is 6.93. The molecule has 0 spiro atoms. The van der Waals surface area contributed by atoms with Crippen LogP contribution in [0, 0.1) is 0 Å². The predicted molar refractivity (Wildman–Crippen MR) is 96.5 cm³/mol. The lowest BCUT2D eigenvalue weighted by Crippen LogP contribution is -2.21. The molecule has 2 aromatic rings. The zero-order valence-electron chi connectivity index (χ0n) is 12.6. The Kier molecular flexibility index (Phi) is 8.05. The molecule has 1 N–H and O–H groups in total. The van der Waals surface area contributed by atoms with Crippen LogP contribution in [-0.2, 0) is 13.2 Å². The molecule has 0 saturated carbocycles. The Morgan fingerprint density at radius 1 is 1.09 bits per heavy atom. The lowest BCUT2D eigenvalue weighted by atomic mass is 10.2. The van der Waals surface area contributed by atoms with Crippen LogP contribution in [0.4, 0.5) is 0 Å². The van der Waals surface area contributed by atoms with Crippen molar-refractivity contribution in [2.75, 3.05) is 0 Å².